The maximum absolute atomic E-state index is 13.1. The van der Waals surface area contributed by atoms with E-state index in [0.717, 1.165) is 34.6 Å². The minimum atomic E-state index is -0.0759. The zero-order valence-corrected chi connectivity index (χ0v) is 17.1. The van der Waals surface area contributed by atoms with Crippen LogP contribution in [0.1, 0.15) is 45.3 Å². The van der Waals surface area contributed by atoms with Crippen LogP contribution in [0.15, 0.2) is 58.9 Å². The quantitative estimate of drug-likeness (QED) is 0.568. The molecule has 0 N–H and O–H groups in total. The van der Waals surface area contributed by atoms with E-state index in [1.807, 2.05) is 43.3 Å². The number of hydrogen-bond acceptors (Lipinski definition) is 5. The van der Waals surface area contributed by atoms with E-state index >= 15 is 0 Å². The first kappa shape index (κ1) is 18.7. The van der Waals surface area contributed by atoms with Crippen LogP contribution >= 0.6 is 0 Å². The van der Waals surface area contributed by atoms with Crippen molar-refractivity contribution < 1.29 is 18.7 Å². The smallest absolute Gasteiger partial charge is 0.232 e. The number of benzene rings is 2. The van der Waals surface area contributed by atoms with Gasteiger partial charge < -0.3 is 13.9 Å². The van der Waals surface area contributed by atoms with Crippen molar-refractivity contribution >= 4 is 11.9 Å². The molecule has 0 unspecified atom stereocenters. The molecule has 0 saturated carbocycles. The summed E-state index contributed by atoms with van der Waals surface area (Å²) >= 11 is 0. The Morgan fingerprint density at radius 2 is 2.00 bits per heavy atom. The van der Waals surface area contributed by atoms with Crippen LogP contribution < -0.4 is 9.47 Å². The molecule has 2 aromatic carbocycles. The number of carbonyl (C=O) groups excluding carboxylic acids is 1. The Morgan fingerprint density at radius 1 is 1.17 bits per heavy atom. The molecular weight excluding hydrogens is 378 g/mol. The number of Topliss-reactive ketones (excluding diaryl/α,β-unsaturated/α-hetero) is 1. The van der Waals surface area contributed by atoms with Crippen molar-refractivity contribution in [2.24, 2.45) is 0 Å². The van der Waals surface area contributed by atoms with Crippen LogP contribution in [-0.2, 0) is 19.5 Å². The van der Waals surface area contributed by atoms with Crippen molar-refractivity contribution in [3.8, 4) is 11.5 Å². The third-order valence-electron chi connectivity index (χ3n) is 5.63. The van der Waals surface area contributed by atoms with Gasteiger partial charge in [0.2, 0.25) is 5.78 Å². The van der Waals surface area contributed by atoms with Gasteiger partial charge in [0.1, 0.15) is 24.0 Å². The molecule has 0 amide bonds. The van der Waals surface area contributed by atoms with E-state index in [2.05, 4.69) is 24.0 Å². The molecule has 1 aromatic heterocycles. The monoisotopic (exact) mass is 401 g/mol. The molecule has 5 rings (SSSR count). The SMILES string of the molecule is CCc1ccc(/C=C2\Oc3c4c(cc(C)c3C2=O)OCN(Cc2ccco2)C4)cc1. The molecule has 30 heavy (non-hydrogen) atoms. The highest BCUT2D eigenvalue weighted by molar-refractivity contribution is 6.15. The molecule has 5 heteroatoms. The predicted octanol–water partition coefficient (Wildman–Crippen LogP) is 5.12. The van der Waals surface area contributed by atoms with Gasteiger partial charge in [0.05, 0.1) is 23.9 Å². The molecule has 0 bridgehead atoms. The van der Waals surface area contributed by atoms with Crippen molar-refractivity contribution in [3.05, 3.63) is 88.1 Å². The fourth-order valence-electron chi connectivity index (χ4n) is 4.00. The average Bonchev–Trinajstić information content (AvgIpc) is 3.38. The number of rotatable bonds is 4. The van der Waals surface area contributed by atoms with Crippen molar-refractivity contribution in [3.63, 3.8) is 0 Å². The third kappa shape index (κ3) is 3.31. The standard InChI is InChI=1S/C25H23NO4/c1-3-17-6-8-18(9-7-17)12-22-24(27)23-16(2)11-21-20(25(23)30-22)14-26(15-29-21)13-19-5-4-10-28-19/h4-12H,3,13-15H2,1-2H3/b22-12-. The molecule has 0 saturated heterocycles. The summed E-state index contributed by atoms with van der Waals surface area (Å²) < 4.78 is 17.6. The Labute approximate surface area is 175 Å². The van der Waals surface area contributed by atoms with Gasteiger partial charge in [0.15, 0.2) is 5.76 Å². The summed E-state index contributed by atoms with van der Waals surface area (Å²) in [4.78, 5) is 15.2. The maximum atomic E-state index is 13.1. The van der Waals surface area contributed by atoms with E-state index in [0.29, 0.717) is 36.9 Å². The van der Waals surface area contributed by atoms with Crippen LogP contribution in [0, 0.1) is 6.92 Å². The summed E-state index contributed by atoms with van der Waals surface area (Å²) in [7, 11) is 0. The number of furan rings is 1. The molecule has 0 atom stereocenters. The van der Waals surface area contributed by atoms with E-state index in [1.165, 1.54) is 5.56 Å². The highest BCUT2D eigenvalue weighted by atomic mass is 16.5. The maximum Gasteiger partial charge on any atom is 0.232 e. The van der Waals surface area contributed by atoms with E-state index in [-0.39, 0.29) is 5.78 Å². The fraction of sp³-hybridized carbons (Fsp3) is 0.240. The van der Waals surface area contributed by atoms with Gasteiger partial charge in [0, 0.05) is 6.54 Å². The lowest BCUT2D eigenvalue weighted by Crippen LogP contribution is -2.31. The minimum Gasteiger partial charge on any atom is -0.478 e. The third-order valence-corrected chi connectivity index (χ3v) is 5.63. The van der Waals surface area contributed by atoms with Gasteiger partial charge in [-0.15, -0.1) is 0 Å². The Morgan fingerprint density at radius 3 is 2.73 bits per heavy atom. The summed E-state index contributed by atoms with van der Waals surface area (Å²) in [5.74, 6) is 2.56. The van der Waals surface area contributed by atoms with E-state index in [4.69, 9.17) is 13.9 Å². The Hall–Kier alpha value is -3.31. The van der Waals surface area contributed by atoms with Crippen LogP contribution in [-0.4, -0.2) is 17.4 Å². The molecule has 3 heterocycles. The van der Waals surface area contributed by atoms with Gasteiger partial charge in [-0.3, -0.25) is 9.69 Å². The zero-order chi connectivity index (χ0) is 20.7. The molecular formula is C25H23NO4. The highest BCUT2D eigenvalue weighted by Gasteiger charge is 2.35. The summed E-state index contributed by atoms with van der Waals surface area (Å²) in [5, 5.41) is 0. The molecule has 0 aliphatic carbocycles. The van der Waals surface area contributed by atoms with Crippen LogP contribution in [0.5, 0.6) is 11.5 Å². The number of carbonyl (C=O) groups is 1. The molecule has 5 nitrogen and oxygen atoms in total. The van der Waals surface area contributed by atoms with Crippen LogP contribution in [0.3, 0.4) is 0 Å². The first-order valence-electron chi connectivity index (χ1n) is 10.2. The minimum absolute atomic E-state index is 0.0759. The first-order valence-corrected chi connectivity index (χ1v) is 10.2. The van der Waals surface area contributed by atoms with Gasteiger partial charge >= 0.3 is 0 Å². The molecule has 0 fully saturated rings. The number of fused-ring (bicyclic) bond motifs is 3. The summed E-state index contributed by atoms with van der Waals surface area (Å²) in [5.41, 5.74) is 4.63. The van der Waals surface area contributed by atoms with Gasteiger partial charge in [-0.25, -0.2) is 0 Å². The van der Waals surface area contributed by atoms with Gasteiger partial charge in [0.25, 0.3) is 0 Å². The molecule has 152 valence electrons. The van der Waals surface area contributed by atoms with Crippen LogP contribution in [0.25, 0.3) is 6.08 Å². The molecule has 3 aromatic rings. The first-order chi connectivity index (χ1) is 14.6. The van der Waals surface area contributed by atoms with Crippen molar-refractivity contribution in [2.75, 3.05) is 6.73 Å². The lowest BCUT2D eigenvalue weighted by Gasteiger charge is -2.29. The topological polar surface area (TPSA) is 51.9 Å². The number of nitrogens with zero attached hydrogens (tertiary/aromatic N) is 1. The fourth-order valence-corrected chi connectivity index (χ4v) is 4.00. The largest absolute Gasteiger partial charge is 0.478 e. The average molecular weight is 401 g/mol. The van der Waals surface area contributed by atoms with Crippen LogP contribution in [0.4, 0.5) is 0 Å². The van der Waals surface area contributed by atoms with Crippen molar-refractivity contribution in [1.82, 2.24) is 4.90 Å². The highest BCUT2D eigenvalue weighted by Crippen LogP contribution is 2.44. The number of ketones is 1. The van der Waals surface area contributed by atoms with E-state index in [1.54, 1.807) is 6.26 Å². The second-order valence-corrected chi connectivity index (χ2v) is 7.75. The Balaban J connectivity index is 1.46. The second-order valence-electron chi connectivity index (χ2n) is 7.75. The van der Waals surface area contributed by atoms with Gasteiger partial charge in [-0.1, -0.05) is 31.2 Å². The second kappa shape index (κ2) is 7.50. The normalized spacial score (nSPS) is 16.9. The summed E-state index contributed by atoms with van der Waals surface area (Å²) in [6, 6.07) is 13.9. The summed E-state index contributed by atoms with van der Waals surface area (Å²) in [6.45, 7) is 5.78. The van der Waals surface area contributed by atoms with E-state index < -0.39 is 0 Å². The van der Waals surface area contributed by atoms with Crippen molar-refractivity contribution in [2.45, 2.75) is 33.4 Å². The lowest BCUT2D eigenvalue weighted by molar-refractivity contribution is 0.0809. The number of allylic oxidation sites excluding steroid dienone is 1. The summed E-state index contributed by atoms with van der Waals surface area (Å²) in [6.07, 6.45) is 4.47. The molecule has 0 radical (unpaired) electrons. The van der Waals surface area contributed by atoms with E-state index in [9.17, 15) is 4.79 Å². The number of aryl methyl sites for hydroxylation is 2. The molecule has 2 aliphatic heterocycles. The molecule has 0 spiro atoms. The Bertz CT molecular complexity index is 1130. The number of hydrogen-bond donors (Lipinski definition) is 0. The van der Waals surface area contributed by atoms with Gasteiger partial charge in [-0.05, 0) is 54.3 Å². The molecule has 2 aliphatic rings. The number of ether oxygens (including phenoxy) is 2. The van der Waals surface area contributed by atoms with Crippen LogP contribution in [0.2, 0.25) is 0 Å². The Kier molecular flexibility index (Phi) is 4.68. The predicted molar refractivity (Wildman–Crippen MR) is 113 cm³/mol. The van der Waals surface area contributed by atoms with Gasteiger partial charge in [-0.2, -0.15) is 0 Å². The lowest BCUT2D eigenvalue weighted by atomic mass is 9.98. The van der Waals surface area contributed by atoms with Crippen molar-refractivity contribution in [1.29, 1.82) is 0 Å². The zero-order valence-electron chi connectivity index (χ0n) is 17.1.